The maximum atomic E-state index is 12.8. The van der Waals surface area contributed by atoms with E-state index in [2.05, 4.69) is 20.4 Å². The van der Waals surface area contributed by atoms with Crippen LogP contribution in [0, 0.1) is 5.92 Å². The highest BCUT2D eigenvalue weighted by Crippen LogP contribution is 2.41. The van der Waals surface area contributed by atoms with Crippen molar-refractivity contribution in [1.29, 1.82) is 0 Å². The summed E-state index contributed by atoms with van der Waals surface area (Å²) in [5.74, 6) is 0.308. The fourth-order valence-electron chi connectivity index (χ4n) is 3.59. The summed E-state index contributed by atoms with van der Waals surface area (Å²) in [6.07, 6.45) is 1.62. The van der Waals surface area contributed by atoms with Crippen molar-refractivity contribution >= 4 is 17.4 Å². The van der Waals surface area contributed by atoms with Crippen LogP contribution in [0.2, 0.25) is 0 Å². The molecule has 7 heteroatoms. The van der Waals surface area contributed by atoms with Gasteiger partial charge in [-0.3, -0.25) is 9.59 Å². The first-order chi connectivity index (χ1) is 15.8. The van der Waals surface area contributed by atoms with E-state index < -0.39 is 17.7 Å². The van der Waals surface area contributed by atoms with Crippen molar-refractivity contribution < 1.29 is 28.9 Å². The Balaban J connectivity index is 2.00. The molecule has 1 N–H and O–H groups in total. The Labute approximate surface area is 193 Å². The van der Waals surface area contributed by atoms with Crippen LogP contribution < -0.4 is 14.2 Å². The van der Waals surface area contributed by atoms with Gasteiger partial charge in [-0.25, -0.2) is 0 Å². The Morgan fingerprint density at radius 1 is 1.12 bits per heavy atom. The maximum Gasteiger partial charge on any atom is 0.295 e. The highest BCUT2D eigenvalue weighted by atomic mass is 16.5. The number of aliphatic hydroxyl groups excluding tert-OH is 1. The van der Waals surface area contributed by atoms with E-state index in [9.17, 15) is 14.7 Å². The van der Waals surface area contributed by atoms with Crippen molar-refractivity contribution in [3.8, 4) is 17.2 Å². The van der Waals surface area contributed by atoms with Crippen molar-refractivity contribution in [2.45, 2.75) is 19.9 Å². The van der Waals surface area contributed by atoms with Crippen LogP contribution in [-0.4, -0.2) is 49.1 Å². The molecule has 1 atom stereocenters. The van der Waals surface area contributed by atoms with Gasteiger partial charge in [-0.2, -0.15) is 0 Å². The molecule has 33 heavy (non-hydrogen) atoms. The smallest absolute Gasteiger partial charge is 0.295 e. The van der Waals surface area contributed by atoms with Gasteiger partial charge >= 0.3 is 0 Å². The fourth-order valence-corrected chi connectivity index (χ4v) is 3.59. The van der Waals surface area contributed by atoms with Gasteiger partial charge in [0.25, 0.3) is 11.7 Å². The number of carbonyl (C=O) groups is 2. The van der Waals surface area contributed by atoms with Crippen LogP contribution in [0.3, 0.4) is 0 Å². The van der Waals surface area contributed by atoms with E-state index >= 15 is 0 Å². The first-order valence-corrected chi connectivity index (χ1v) is 10.7. The molecule has 0 aromatic heterocycles. The van der Waals surface area contributed by atoms with E-state index in [1.54, 1.807) is 48.5 Å². The number of rotatable bonds is 9. The van der Waals surface area contributed by atoms with Crippen LogP contribution in [0.15, 0.2) is 60.7 Å². The van der Waals surface area contributed by atoms with Crippen molar-refractivity contribution in [2.75, 3.05) is 27.4 Å². The van der Waals surface area contributed by atoms with E-state index in [0.717, 1.165) is 0 Å². The number of benzene rings is 2. The molecule has 1 unspecified atom stereocenters. The van der Waals surface area contributed by atoms with E-state index in [-0.39, 0.29) is 11.3 Å². The summed E-state index contributed by atoms with van der Waals surface area (Å²) in [5, 5.41) is 11.0. The second kappa shape index (κ2) is 10.3. The number of likely N-dealkylation sites (N-methyl/N-ethyl adjacent to an activating group) is 1. The third-order valence-corrected chi connectivity index (χ3v) is 5.25. The quantitative estimate of drug-likeness (QED) is 0.264. The van der Waals surface area contributed by atoms with Gasteiger partial charge in [-0.15, -0.1) is 0 Å². The molecule has 3 rings (SSSR count). The Morgan fingerprint density at radius 2 is 1.82 bits per heavy atom. The lowest BCUT2D eigenvalue weighted by atomic mass is 9.95. The zero-order valence-corrected chi connectivity index (χ0v) is 19.3. The van der Waals surface area contributed by atoms with Gasteiger partial charge in [0.15, 0.2) is 11.5 Å². The van der Waals surface area contributed by atoms with Gasteiger partial charge in [0.2, 0.25) is 0 Å². The van der Waals surface area contributed by atoms with Crippen molar-refractivity contribution in [3.05, 3.63) is 71.8 Å². The van der Waals surface area contributed by atoms with Crippen LogP contribution in [0.4, 0.5) is 0 Å². The normalized spacial score (nSPS) is 17.4. The minimum atomic E-state index is -0.774. The second-order valence-electron chi connectivity index (χ2n) is 8.15. The molecule has 1 aliphatic rings. The number of carbonyl (C=O) groups excluding carboxylic acids is 2. The predicted molar refractivity (Wildman–Crippen MR) is 126 cm³/mol. The number of hydrogen-bond acceptors (Lipinski definition) is 6. The molecular weight excluding hydrogens is 422 g/mol. The number of ether oxygens (including phenoxy) is 3. The lowest BCUT2D eigenvalue weighted by Gasteiger charge is -2.22. The van der Waals surface area contributed by atoms with Crippen LogP contribution in [0.5, 0.6) is 17.2 Å². The Morgan fingerprint density at radius 3 is 2.42 bits per heavy atom. The van der Waals surface area contributed by atoms with Crippen molar-refractivity contribution in [1.82, 2.24) is 4.90 Å². The minimum absolute atomic E-state index is 0.0140. The number of likely N-dealkylation sites (tertiary alicyclic amines) is 1. The Hall–Kier alpha value is -3.74. The number of Topliss-reactive ketones (excluding diaryl/α,β-unsaturated/α-hetero) is 1. The molecule has 0 spiro atoms. The molecule has 0 aliphatic carbocycles. The Kier molecular flexibility index (Phi) is 7.43. The summed E-state index contributed by atoms with van der Waals surface area (Å²) < 4.78 is 16.7. The lowest BCUT2D eigenvalue weighted by molar-refractivity contribution is -0.139. The average molecular weight is 452 g/mol. The fraction of sp³-hybridized carbons (Fsp3) is 0.308. The van der Waals surface area contributed by atoms with E-state index in [1.807, 2.05) is 0 Å². The maximum absolute atomic E-state index is 12.8. The zero-order valence-electron chi connectivity index (χ0n) is 19.3. The summed E-state index contributed by atoms with van der Waals surface area (Å²) in [7, 11) is 3.04. The summed E-state index contributed by atoms with van der Waals surface area (Å²) in [6.45, 7) is 8.61. The van der Waals surface area contributed by atoms with Gasteiger partial charge in [0.1, 0.15) is 18.1 Å². The molecule has 1 aliphatic heterocycles. The Bertz CT molecular complexity index is 1070. The number of ketones is 1. The third kappa shape index (κ3) is 5.03. The largest absolute Gasteiger partial charge is 0.507 e. The number of methoxy groups -OCH3 is 1. The number of amides is 1. The highest BCUT2D eigenvalue weighted by Gasteiger charge is 2.44. The van der Waals surface area contributed by atoms with Crippen LogP contribution >= 0.6 is 0 Å². The average Bonchev–Trinajstić information content (AvgIpc) is 3.05. The SMILES string of the molecule is C=CCOc1ccc(C2/C(=C(\O)c3ccc(OCC(C)C)cc3)C(=O)C(=O)N2C)cc1OC. The molecule has 2 aromatic carbocycles. The molecule has 1 fully saturated rings. The van der Waals surface area contributed by atoms with Crippen LogP contribution in [0.1, 0.15) is 31.0 Å². The lowest BCUT2D eigenvalue weighted by Crippen LogP contribution is -2.24. The standard InChI is InChI=1S/C26H29NO6/c1-6-13-32-20-12-9-18(14-21(20)31-5)23-22(25(29)26(30)27(23)4)24(28)17-7-10-19(11-8-17)33-15-16(2)3/h6-12,14,16,23,28H,1,13,15H2,2-5H3/b24-22+. The summed E-state index contributed by atoms with van der Waals surface area (Å²) in [4.78, 5) is 26.7. The van der Waals surface area contributed by atoms with Gasteiger partial charge < -0.3 is 24.2 Å². The zero-order chi connectivity index (χ0) is 24.1. The van der Waals surface area contributed by atoms with Crippen molar-refractivity contribution in [2.24, 2.45) is 5.92 Å². The topological polar surface area (TPSA) is 85.3 Å². The monoisotopic (exact) mass is 451 g/mol. The summed E-state index contributed by atoms with van der Waals surface area (Å²) in [6, 6.07) is 11.1. The predicted octanol–water partition coefficient (Wildman–Crippen LogP) is 4.35. The third-order valence-electron chi connectivity index (χ3n) is 5.25. The second-order valence-corrected chi connectivity index (χ2v) is 8.15. The van der Waals surface area contributed by atoms with Gasteiger partial charge in [-0.05, 0) is 47.9 Å². The molecule has 0 radical (unpaired) electrons. The van der Waals surface area contributed by atoms with Gasteiger partial charge in [-0.1, -0.05) is 32.6 Å². The van der Waals surface area contributed by atoms with E-state index in [1.165, 1.54) is 19.1 Å². The molecule has 1 saturated heterocycles. The minimum Gasteiger partial charge on any atom is -0.507 e. The number of hydrogen-bond donors (Lipinski definition) is 1. The summed E-state index contributed by atoms with van der Waals surface area (Å²) in [5.41, 5.74) is 1.04. The number of aliphatic hydroxyl groups is 1. The molecule has 0 saturated carbocycles. The van der Waals surface area contributed by atoms with E-state index in [0.29, 0.717) is 47.5 Å². The molecule has 1 heterocycles. The molecule has 0 bridgehead atoms. The number of nitrogens with zero attached hydrogens (tertiary/aromatic N) is 1. The first-order valence-electron chi connectivity index (χ1n) is 10.7. The van der Waals surface area contributed by atoms with Gasteiger partial charge in [0, 0.05) is 12.6 Å². The molecule has 174 valence electrons. The van der Waals surface area contributed by atoms with Crippen LogP contribution in [0.25, 0.3) is 5.76 Å². The van der Waals surface area contributed by atoms with Gasteiger partial charge in [0.05, 0.1) is 25.3 Å². The molecule has 2 aromatic rings. The molecular formula is C26H29NO6. The first kappa shape index (κ1) is 23.9. The molecule has 7 nitrogen and oxygen atoms in total. The molecule has 1 amide bonds. The van der Waals surface area contributed by atoms with Crippen LogP contribution in [-0.2, 0) is 9.59 Å². The van der Waals surface area contributed by atoms with Crippen molar-refractivity contribution in [3.63, 3.8) is 0 Å². The van der Waals surface area contributed by atoms with E-state index in [4.69, 9.17) is 14.2 Å². The highest BCUT2D eigenvalue weighted by molar-refractivity contribution is 6.46. The summed E-state index contributed by atoms with van der Waals surface area (Å²) >= 11 is 0.